The molecule has 0 spiro atoms. The summed E-state index contributed by atoms with van der Waals surface area (Å²) >= 11 is 0. The number of ether oxygens (including phenoxy) is 2. The van der Waals surface area contributed by atoms with Crippen LogP contribution in [0, 0.1) is 0 Å². The first-order valence-corrected chi connectivity index (χ1v) is 10.9. The molecule has 1 amide bonds. The monoisotopic (exact) mass is 417 g/mol. The van der Waals surface area contributed by atoms with Crippen LogP contribution in [0.4, 0.5) is 0 Å². The predicted molar refractivity (Wildman–Crippen MR) is 118 cm³/mol. The van der Waals surface area contributed by atoms with E-state index in [0.29, 0.717) is 31.8 Å². The summed E-state index contributed by atoms with van der Waals surface area (Å²) in [7, 11) is 3.50. The highest BCUT2D eigenvalue weighted by molar-refractivity contribution is 5.86. The van der Waals surface area contributed by atoms with Gasteiger partial charge in [-0.15, -0.1) is 0 Å². The Labute approximate surface area is 179 Å². The van der Waals surface area contributed by atoms with Crippen molar-refractivity contribution < 1.29 is 14.3 Å². The Bertz CT molecular complexity index is 737. The lowest BCUT2D eigenvalue weighted by Crippen LogP contribution is -2.47. The molecule has 8 nitrogen and oxygen atoms in total. The van der Waals surface area contributed by atoms with Crippen molar-refractivity contribution in [1.82, 2.24) is 20.4 Å². The van der Waals surface area contributed by atoms with Crippen LogP contribution in [0.5, 0.6) is 11.5 Å². The molecule has 2 aliphatic heterocycles. The summed E-state index contributed by atoms with van der Waals surface area (Å²) in [5.74, 6) is 2.19. The number of aliphatic imine (C=N–C) groups is 1. The maximum Gasteiger partial charge on any atom is 0.241 e. The third-order valence-corrected chi connectivity index (χ3v) is 5.58. The molecule has 1 unspecified atom stereocenters. The third-order valence-electron chi connectivity index (χ3n) is 5.58. The van der Waals surface area contributed by atoms with Gasteiger partial charge in [-0.25, -0.2) is 4.99 Å². The first-order chi connectivity index (χ1) is 14.6. The van der Waals surface area contributed by atoms with Gasteiger partial charge in [0.05, 0.1) is 26.3 Å². The number of para-hydroxylation sites is 1. The van der Waals surface area contributed by atoms with Crippen molar-refractivity contribution >= 4 is 11.9 Å². The minimum absolute atomic E-state index is 0.00543. The molecule has 0 radical (unpaired) electrons. The van der Waals surface area contributed by atoms with Crippen LogP contribution in [0.25, 0.3) is 0 Å². The molecular weight excluding hydrogens is 382 g/mol. The van der Waals surface area contributed by atoms with E-state index in [4.69, 9.17) is 14.5 Å². The number of hydrogen-bond donors (Lipinski definition) is 2. The lowest BCUT2D eigenvalue weighted by molar-refractivity contribution is -0.127. The molecule has 0 bridgehead atoms. The topological polar surface area (TPSA) is 78.4 Å². The van der Waals surface area contributed by atoms with Crippen LogP contribution < -0.4 is 20.1 Å². The van der Waals surface area contributed by atoms with Gasteiger partial charge in [-0.1, -0.05) is 19.1 Å². The van der Waals surface area contributed by atoms with Gasteiger partial charge in [0.25, 0.3) is 0 Å². The highest BCUT2D eigenvalue weighted by Gasteiger charge is 2.23. The molecule has 2 N–H and O–H groups in total. The summed E-state index contributed by atoms with van der Waals surface area (Å²) in [5, 5.41) is 6.61. The molecule has 1 aromatic rings. The summed E-state index contributed by atoms with van der Waals surface area (Å²) < 4.78 is 11.7. The Hall–Kier alpha value is -2.48. The first kappa shape index (κ1) is 22.2. The van der Waals surface area contributed by atoms with Gasteiger partial charge in [-0.05, 0) is 32.0 Å². The third kappa shape index (κ3) is 6.01. The van der Waals surface area contributed by atoms with Gasteiger partial charge in [0.2, 0.25) is 5.91 Å². The highest BCUT2D eigenvalue weighted by atomic mass is 16.5. The van der Waals surface area contributed by atoms with Crippen molar-refractivity contribution in [3.8, 4) is 11.5 Å². The Morgan fingerprint density at radius 3 is 2.87 bits per heavy atom. The number of carbonyl (C=O) groups excluding carboxylic acids is 1. The molecule has 0 aromatic heterocycles. The lowest BCUT2D eigenvalue weighted by Gasteiger charge is -2.24. The average molecular weight is 418 g/mol. The Balaban J connectivity index is 1.69. The number of amides is 1. The lowest BCUT2D eigenvalue weighted by atomic mass is 10.2. The standard InChI is InChI=1S/C22H35N5O3/c1-4-27-11-6-9-18(27)15-24-22(25-16-20(28)26(2)3)23-14-17-8-5-10-19-21(17)30-13-7-12-29-19/h5,8,10,18H,4,6-7,9,11-16H2,1-3H3,(H2,23,24,25). The quantitative estimate of drug-likeness (QED) is 0.517. The molecule has 0 aliphatic carbocycles. The van der Waals surface area contributed by atoms with Crippen molar-refractivity contribution in [2.45, 2.75) is 38.8 Å². The molecule has 30 heavy (non-hydrogen) atoms. The Morgan fingerprint density at radius 2 is 2.07 bits per heavy atom. The van der Waals surface area contributed by atoms with Crippen molar-refractivity contribution in [2.24, 2.45) is 4.99 Å². The summed E-state index contributed by atoms with van der Waals surface area (Å²) in [6.45, 7) is 7.16. The second kappa shape index (κ2) is 11.1. The smallest absolute Gasteiger partial charge is 0.241 e. The molecule has 1 atom stereocenters. The molecule has 1 aromatic carbocycles. The molecular formula is C22H35N5O3. The molecule has 8 heteroatoms. The zero-order valence-electron chi connectivity index (χ0n) is 18.4. The van der Waals surface area contributed by atoms with Crippen molar-refractivity contribution in [1.29, 1.82) is 0 Å². The van der Waals surface area contributed by atoms with Crippen LogP contribution in [-0.2, 0) is 11.3 Å². The summed E-state index contributed by atoms with van der Waals surface area (Å²) in [5.41, 5.74) is 0.977. The fraction of sp³-hybridized carbons (Fsp3) is 0.636. The Kier molecular flexibility index (Phi) is 8.19. The number of guanidine groups is 1. The zero-order valence-corrected chi connectivity index (χ0v) is 18.4. The van der Waals surface area contributed by atoms with Gasteiger partial charge in [-0.3, -0.25) is 9.69 Å². The minimum Gasteiger partial charge on any atom is -0.490 e. The minimum atomic E-state index is 0.00543. The number of nitrogens with one attached hydrogen (secondary N) is 2. The second-order valence-electron chi connectivity index (χ2n) is 7.91. The fourth-order valence-corrected chi connectivity index (χ4v) is 3.79. The van der Waals surface area contributed by atoms with Crippen molar-refractivity contribution in [2.75, 3.05) is 53.5 Å². The number of hydrogen-bond acceptors (Lipinski definition) is 5. The van der Waals surface area contributed by atoms with E-state index in [-0.39, 0.29) is 12.5 Å². The highest BCUT2D eigenvalue weighted by Crippen LogP contribution is 2.33. The second-order valence-corrected chi connectivity index (χ2v) is 7.91. The van der Waals surface area contributed by atoms with Gasteiger partial charge in [0.1, 0.15) is 0 Å². The normalized spacial score (nSPS) is 19.3. The van der Waals surface area contributed by atoms with Gasteiger partial charge < -0.3 is 25.0 Å². The largest absolute Gasteiger partial charge is 0.490 e. The number of likely N-dealkylation sites (tertiary alicyclic amines) is 1. The molecule has 166 valence electrons. The van der Waals surface area contributed by atoms with Crippen LogP contribution in [0.3, 0.4) is 0 Å². The van der Waals surface area contributed by atoms with Crippen molar-refractivity contribution in [3.63, 3.8) is 0 Å². The summed E-state index contributed by atoms with van der Waals surface area (Å²) in [6, 6.07) is 6.40. The fourth-order valence-electron chi connectivity index (χ4n) is 3.79. The van der Waals surface area contributed by atoms with Crippen LogP contribution in [0.1, 0.15) is 31.7 Å². The predicted octanol–water partition coefficient (Wildman–Crippen LogP) is 1.46. The zero-order chi connectivity index (χ0) is 21.3. The maximum absolute atomic E-state index is 12.0. The molecule has 1 fully saturated rings. The van der Waals surface area contributed by atoms with Crippen molar-refractivity contribution in [3.05, 3.63) is 23.8 Å². The first-order valence-electron chi connectivity index (χ1n) is 10.9. The summed E-state index contributed by atoms with van der Waals surface area (Å²) in [6.07, 6.45) is 3.28. The van der Waals surface area contributed by atoms with E-state index >= 15 is 0 Å². The van der Waals surface area contributed by atoms with Gasteiger partial charge in [0.15, 0.2) is 17.5 Å². The molecule has 0 saturated carbocycles. The number of nitrogens with zero attached hydrogens (tertiary/aromatic N) is 3. The Morgan fingerprint density at radius 1 is 1.23 bits per heavy atom. The maximum atomic E-state index is 12.0. The van der Waals surface area contributed by atoms with Gasteiger partial charge >= 0.3 is 0 Å². The van der Waals surface area contributed by atoms with E-state index in [1.54, 1.807) is 19.0 Å². The number of carbonyl (C=O) groups is 1. The van der Waals surface area contributed by atoms with Gasteiger partial charge in [-0.2, -0.15) is 0 Å². The summed E-state index contributed by atoms with van der Waals surface area (Å²) in [4.78, 5) is 20.8. The van der Waals surface area contributed by atoms with E-state index in [2.05, 4.69) is 22.5 Å². The number of fused-ring (bicyclic) bond motifs is 1. The van der Waals surface area contributed by atoms with Crippen LogP contribution in [-0.4, -0.2) is 81.2 Å². The number of benzene rings is 1. The van der Waals surface area contributed by atoms with E-state index in [1.165, 1.54) is 12.8 Å². The van der Waals surface area contributed by atoms with Crippen LogP contribution in [0.15, 0.2) is 23.2 Å². The van der Waals surface area contributed by atoms with E-state index in [0.717, 1.165) is 43.1 Å². The van der Waals surface area contributed by atoms with E-state index in [9.17, 15) is 4.79 Å². The molecule has 3 rings (SSSR count). The molecule has 1 saturated heterocycles. The number of likely N-dealkylation sites (N-methyl/N-ethyl adjacent to an activating group) is 2. The van der Waals surface area contributed by atoms with Gasteiger partial charge in [0, 0.05) is 38.7 Å². The SMILES string of the molecule is CCN1CCCC1CNC(=NCc1cccc2c1OCCCO2)NCC(=O)N(C)C. The average Bonchev–Trinajstić information content (AvgIpc) is 3.07. The van der Waals surface area contributed by atoms with Crippen LogP contribution >= 0.6 is 0 Å². The van der Waals surface area contributed by atoms with E-state index in [1.807, 2.05) is 18.2 Å². The molecule has 2 heterocycles. The molecule has 2 aliphatic rings. The van der Waals surface area contributed by atoms with E-state index < -0.39 is 0 Å². The number of rotatable bonds is 7. The van der Waals surface area contributed by atoms with Crippen LogP contribution in [0.2, 0.25) is 0 Å².